The van der Waals surface area contributed by atoms with Crippen molar-refractivity contribution in [3.05, 3.63) is 82.6 Å². The number of thiazole rings is 1. The highest BCUT2D eigenvalue weighted by Crippen LogP contribution is 2.28. The number of hydrogen-bond acceptors (Lipinski definition) is 5. The largest absolute Gasteiger partial charge is 0.387 e. The molecule has 136 valence electrons. The number of nitrogens with zero attached hydrogens (tertiary/aromatic N) is 2. The van der Waals surface area contributed by atoms with Crippen molar-refractivity contribution in [2.24, 2.45) is 5.16 Å². The monoisotopic (exact) mass is 381 g/mol. The van der Waals surface area contributed by atoms with Crippen molar-refractivity contribution in [1.82, 2.24) is 4.98 Å². The fourth-order valence-electron chi connectivity index (χ4n) is 2.78. The van der Waals surface area contributed by atoms with E-state index < -0.39 is 0 Å². The molecule has 3 aromatic rings. The fourth-order valence-corrected chi connectivity index (χ4v) is 3.62. The quantitative estimate of drug-likeness (QED) is 0.715. The summed E-state index contributed by atoms with van der Waals surface area (Å²) < 4.78 is 13.0. The van der Waals surface area contributed by atoms with Crippen LogP contribution < -0.4 is 5.32 Å². The lowest BCUT2D eigenvalue weighted by atomic mass is 10.0. The number of amides is 1. The van der Waals surface area contributed by atoms with Crippen LogP contribution in [0.4, 0.5) is 9.52 Å². The molecule has 1 N–H and O–H groups in total. The van der Waals surface area contributed by atoms with Gasteiger partial charge in [-0.15, -0.1) is 11.3 Å². The number of hydrogen-bond donors (Lipinski definition) is 1. The Hall–Kier alpha value is -3.06. The Kier molecular flexibility index (Phi) is 4.93. The highest BCUT2D eigenvalue weighted by atomic mass is 32.1. The van der Waals surface area contributed by atoms with Gasteiger partial charge in [0, 0.05) is 23.9 Å². The van der Waals surface area contributed by atoms with Crippen molar-refractivity contribution in [2.45, 2.75) is 18.9 Å². The van der Waals surface area contributed by atoms with Crippen LogP contribution in [0, 0.1) is 5.82 Å². The molecule has 7 heteroatoms. The minimum Gasteiger partial charge on any atom is -0.387 e. The summed E-state index contributed by atoms with van der Waals surface area (Å²) in [6.45, 7) is 0. The van der Waals surface area contributed by atoms with Crippen molar-refractivity contribution < 1.29 is 14.0 Å². The standard InChI is InChI=1S/C20H16FN3O2S/c21-15-8-6-13(7-9-15)10-16-12-22-20(27-16)23-19(25)17-11-18(26-24-17)14-4-2-1-3-5-14/h1-9,12,18H,10-11H2,(H,22,23,25). The maximum Gasteiger partial charge on any atom is 0.275 e. The lowest BCUT2D eigenvalue weighted by Crippen LogP contribution is -2.21. The van der Waals surface area contributed by atoms with E-state index >= 15 is 0 Å². The van der Waals surface area contributed by atoms with Crippen LogP contribution in [0.5, 0.6) is 0 Å². The first-order valence-corrected chi connectivity index (χ1v) is 9.27. The van der Waals surface area contributed by atoms with Gasteiger partial charge in [0.15, 0.2) is 11.2 Å². The van der Waals surface area contributed by atoms with E-state index in [-0.39, 0.29) is 17.8 Å². The molecule has 0 radical (unpaired) electrons. The topological polar surface area (TPSA) is 63.6 Å². The lowest BCUT2D eigenvalue weighted by Gasteiger charge is -2.07. The minimum absolute atomic E-state index is 0.239. The zero-order valence-corrected chi connectivity index (χ0v) is 15.1. The minimum atomic E-state index is -0.309. The summed E-state index contributed by atoms with van der Waals surface area (Å²) in [6, 6.07) is 16.0. The second-order valence-corrected chi connectivity index (χ2v) is 7.25. The van der Waals surface area contributed by atoms with Crippen molar-refractivity contribution in [3.8, 4) is 0 Å². The fraction of sp³-hybridized carbons (Fsp3) is 0.150. The second-order valence-electron chi connectivity index (χ2n) is 6.14. The van der Waals surface area contributed by atoms with Gasteiger partial charge in [-0.1, -0.05) is 47.6 Å². The van der Waals surface area contributed by atoms with Crippen molar-refractivity contribution in [3.63, 3.8) is 0 Å². The van der Waals surface area contributed by atoms with Crippen LogP contribution in [0.2, 0.25) is 0 Å². The van der Waals surface area contributed by atoms with Gasteiger partial charge in [-0.3, -0.25) is 10.1 Å². The van der Waals surface area contributed by atoms with Crippen molar-refractivity contribution in [2.75, 3.05) is 5.32 Å². The molecule has 0 aliphatic carbocycles. The number of carbonyl (C=O) groups excluding carboxylic acids is 1. The van der Waals surface area contributed by atoms with Crippen LogP contribution in [0.1, 0.15) is 28.5 Å². The summed E-state index contributed by atoms with van der Waals surface area (Å²) in [4.78, 5) is 23.0. The summed E-state index contributed by atoms with van der Waals surface area (Å²) in [5.41, 5.74) is 2.32. The van der Waals surface area contributed by atoms with E-state index in [0.29, 0.717) is 23.7 Å². The Morgan fingerprint density at radius 1 is 1.19 bits per heavy atom. The number of nitrogens with one attached hydrogen (secondary N) is 1. The molecular formula is C20H16FN3O2S. The van der Waals surface area contributed by atoms with Gasteiger partial charge in [-0.05, 0) is 23.3 Å². The molecule has 2 aromatic carbocycles. The number of oxime groups is 1. The molecule has 1 aliphatic heterocycles. The summed E-state index contributed by atoms with van der Waals surface area (Å²) in [6.07, 6.45) is 2.53. The molecule has 1 aromatic heterocycles. The van der Waals surface area contributed by atoms with Crippen LogP contribution in [0.15, 0.2) is 65.9 Å². The number of rotatable bonds is 5. The third kappa shape index (κ3) is 4.20. The molecule has 1 amide bonds. The average Bonchev–Trinajstić information content (AvgIpc) is 3.34. The third-order valence-corrected chi connectivity index (χ3v) is 5.08. The highest BCUT2D eigenvalue weighted by Gasteiger charge is 2.27. The van der Waals surface area contributed by atoms with E-state index in [9.17, 15) is 9.18 Å². The Morgan fingerprint density at radius 2 is 1.96 bits per heavy atom. The second kappa shape index (κ2) is 7.67. The van der Waals surface area contributed by atoms with Crippen LogP contribution in [0.25, 0.3) is 0 Å². The number of aromatic nitrogens is 1. The molecule has 5 nitrogen and oxygen atoms in total. The zero-order valence-electron chi connectivity index (χ0n) is 14.3. The number of benzene rings is 2. The SMILES string of the molecule is O=C(Nc1ncc(Cc2ccc(F)cc2)s1)C1=NOC(c2ccccc2)C1. The molecule has 1 aliphatic rings. The Morgan fingerprint density at radius 3 is 2.74 bits per heavy atom. The number of halogens is 1. The van der Waals surface area contributed by atoms with Gasteiger partial charge in [0.1, 0.15) is 11.5 Å². The van der Waals surface area contributed by atoms with Gasteiger partial charge < -0.3 is 4.84 Å². The molecule has 27 heavy (non-hydrogen) atoms. The molecule has 0 fully saturated rings. The molecule has 0 saturated heterocycles. The van der Waals surface area contributed by atoms with E-state index in [4.69, 9.17) is 4.84 Å². The van der Waals surface area contributed by atoms with E-state index in [1.807, 2.05) is 30.3 Å². The third-order valence-electron chi connectivity index (χ3n) is 4.17. The van der Waals surface area contributed by atoms with Crippen LogP contribution in [0.3, 0.4) is 0 Å². The molecule has 0 spiro atoms. The van der Waals surface area contributed by atoms with Crippen molar-refractivity contribution >= 4 is 28.1 Å². The molecule has 0 saturated carbocycles. The van der Waals surface area contributed by atoms with E-state index in [0.717, 1.165) is 16.0 Å². The van der Waals surface area contributed by atoms with E-state index in [1.165, 1.54) is 23.5 Å². The first kappa shape index (κ1) is 17.4. The van der Waals surface area contributed by atoms with E-state index in [2.05, 4.69) is 15.5 Å². The smallest absolute Gasteiger partial charge is 0.275 e. The van der Waals surface area contributed by atoms with Crippen LogP contribution in [-0.4, -0.2) is 16.6 Å². The normalized spacial score (nSPS) is 15.9. The Labute approximate surface area is 159 Å². The first-order chi connectivity index (χ1) is 13.2. The summed E-state index contributed by atoms with van der Waals surface area (Å²) in [5.74, 6) is -0.569. The average molecular weight is 381 g/mol. The molecular weight excluding hydrogens is 365 g/mol. The summed E-state index contributed by atoms with van der Waals surface area (Å²) in [5, 5.41) is 7.19. The number of anilines is 1. The lowest BCUT2D eigenvalue weighted by molar-refractivity contribution is -0.110. The molecule has 1 unspecified atom stereocenters. The molecule has 1 atom stereocenters. The zero-order chi connectivity index (χ0) is 18.6. The highest BCUT2D eigenvalue weighted by molar-refractivity contribution is 7.15. The predicted octanol–water partition coefficient (Wildman–Crippen LogP) is 4.33. The molecule has 2 heterocycles. The summed E-state index contributed by atoms with van der Waals surface area (Å²) in [7, 11) is 0. The maximum atomic E-state index is 13.0. The van der Waals surface area contributed by atoms with Crippen LogP contribution >= 0.6 is 11.3 Å². The van der Waals surface area contributed by atoms with Gasteiger partial charge in [-0.25, -0.2) is 9.37 Å². The van der Waals surface area contributed by atoms with Gasteiger partial charge in [-0.2, -0.15) is 0 Å². The maximum absolute atomic E-state index is 13.0. The summed E-state index contributed by atoms with van der Waals surface area (Å²) >= 11 is 1.38. The van der Waals surface area contributed by atoms with Gasteiger partial charge >= 0.3 is 0 Å². The van der Waals surface area contributed by atoms with Gasteiger partial charge in [0.05, 0.1) is 0 Å². The Bertz CT molecular complexity index is 970. The first-order valence-electron chi connectivity index (χ1n) is 8.45. The van der Waals surface area contributed by atoms with Crippen molar-refractivity contribution in [1.29, 1.82) is 0 Å². The predicted molar refractivity (Wildman–Crippen MR) is 102 cm³/mol. The molecule has 4 rings (SSSR count). The van der Waals surface area contributed by atoms with E-state index in [1.54, 1.807) is 18.3 Å². The van der Waals surface area contributed by atoms with Gasteiger partial charge in [0.2, 0.25) is 0 Å². The van der Waals surface area contributed by atoms with Crippen LogP contribution in [-0.2, 0) is 16.1 Å². The number of carbonyl (C=O) groups is 1. The van der Waals surface area contributed by atoms with Gasteiger partial charge in [0.25, 0.3) is 5.91 Å². The molecule has 0 bridgehead atoms. The Balaban J connectivity index is 1.35.